The number of piperazine rings is 1. The number of sulfonamides is 1. The lowest BCUT2D eigenvalue weighted by Gasteiger charge is -2.34. The van der Waals surface area contributed by atoms with E-state index in [0.717, 1.165) is 5.56 Å². The number of carbonyl (C=O) groups is 1. The largest absolute Gasteiger partial charge is 0.459 e. The summed E-state index contributed by atoms with van der Waals surface area (Å²) in [5.74, 6) is 0.869. The number of nitrogens with one attached hydrogen (secondary N) is 1. The maximum absolute atomic E-state index is 12.8. The van der Waals surface area contributed by atoms with Gasteiger partial charge in [-0.15, -0.1) is 0 Å². The van der Waals surface area contributed by atoms with Crippen molar-refractivity contribution in [2.75, 3.05) is 37.6 Å². The fourth-order valence-corrected chi connectivity index (χ4v) is 5.86. The standard InChI is InChI=1S/C24H27N5O5S/c1-16-13-17(2)22(18(3)14-16)35(31,32)26-7-6-21(30)28-8-10-29(11-9-28)24-19(15-25)27-23(34-24)20-5-4-12-33-20/h4-5,12-14,26H,6-11H2,1-3H3. The van der Waals surface area contributed by atoms with Crippen LogP contribution < -0.4 is 9.62 Å². The molecule has 0 radical (unpaired) electrons. The first-order valence-corrected chi connectivity index (χ1v) is 12.7. The molecule has 3 aromatic rings. The second-order valence-corrected chi connectivity index (χ2v) is 10.2. The first-order valence-electron chi connectivity index (χ1n) is 11.2. The number of benzene rings is 1. The maximum atomic E-state index is 12.8. The number of aromatic nitrogens is 1. The number of furan rings is 1. The lowest BCUT2D eigenvalue weighted by atomic mass is 10.1. The van der Waals surface area contributed by atoms with Gasteiger partial charge in [0.1, 0.15) is 6.07 Å². The smallest absolute Gasteiger partial charge is 0.266 e. The van der Waals surface area contributed by atoms with E-state index in [4.69, 9.17) is 8.83 Å². The molecule has 1 aromatic carbocycles. The van der Waals surface area contributed by atoms with Crippen LogP contribution in [0.4, 0.5) is 5.88 Å². The number of aryl methyl sites for hydroxylation is 3. The van der Waals surface area contributed by atoms with Crippen LogP contribution in [0.3, 0.4) is 0 Å². The van der Waals surface area contributed by atoms with Gasteiger partial charge in [0.2, 0.25) is 27.5 Å². The maximum Gasteiger partial charge on any atom is 0.266 e. The van der Waals surface area contributed by atoms with Crippen LogP contribution in [-0.4, -0.2) is 56.9 Å². The van der Waals surface area contributed by atoms with E-state index in [9.17, 15) is 18.5 Å². The van der Waals surface area contributed by atoms with Crippen molar-refractivity contribution < 1.29 is 22.0 Å². The van der Waals surface area contributed by atoms with Gasteiger partial charge in [-0.05, 0) is 44.0 Å². The Labute approximate surface area is 204 Å². The Balaban J connectivity index is 1.32. The average molecular weight is 498 g/mol. The summed E-state index contributed by atoms with van der Waals surface area (Å²) in [5.41, 5.74) is 2.51. The summed E-state index contributed by atoms with van der Waals surface area (Å²) in [6.45, 7) is 7.23. The third kappa shape index (κ3) is 5.23. The Morgan fingerprint density at radius 3 is 2.46 bits per heavy atom. The van der Waals surface area contributed by atoms with E-state index in [2.05, 4.69) is 9.71 Å². The fourth-order valence-electron chi connectivity index (χ4n) is 4.38. The Hall–Kier alpha value is -3.62. The van der Waals surface area contributed by atoms with Crippen LogP contribution in [0.2, 0.25) is 0 Å². The monoisotopic (exact) mass is 497 g/mol. The van der Waals surface area contributed by atoms with Crippen molar-refractivity contribution in [3.05, 3.63) is 52.9 Å². The van der Waals surface area contributed by atoms with E-state index in [-0.39, 0.29) is 35.4 Å². The zero-order chi connectivity index (χ0) is 25.2. The minimum atomic E-state index is -3.72. The Kier molecular flexibility index (Phi) is 6.95. The first kappa shape index (κ1) is 24.5. The fraction of sp³-hybridized carbons (Fsp3) is 0.375. The summed E-state index contributed by atoms with van der Waals surface area (Å²) >= 11 is 0. The van der Waals surface area contributed by atoms with Gasteiger partial charge < -0.3 is 18.6 Å². The van der Waals surface area contributed by atoms with Crippen LogP contribution in [0.25, 0.3) is 11.7 Å². The molecule has 184 valence electrons. The lowest BCUT2D eigenvalue weighted by molar-refractivity contribution is -0.131. The normalized spacial score (nSPS) is 14.2. The molecule has 1 N–H and O–H groups in total. The molecule has 4 rings (SSSR count). The molecule has 0 saturated carbocycles. The Bertz CT molecular complexity index is 1340. The molecule has 0 unspecified atom stereocenters. The van der Waals surface area contributed by atoms with Gasteiger partial charge in [-0.25, -0.2) is 13.1 Å². The number of rotatable bonds is 7. The molecular formula is C24H27N5O5S. The molecule has 10 nitrogen and oxygen atoms in total. The molecule has 0 spiro atoms. The predicted octanol–water partition coefficient (Wildman–Crippen LogP) is 2.75. The minimum Gasteiger partial charge on any atom is -0.459 e. The van der Waals surface area contributed by atoms with Gasteiger partial charge in [0.05, 0.1) is 11.2 Å². The van der Waals surface area contributed by atoms with Gasteiger partial charge in [-0.1, -0.05) is 17.7 Å². The molecule has 11 heteroatoms. The number of hydrogen-bond donors (Lipinski definition) is 1. The topological polar surface area (TPSA) is 133 Å². The molecule has 1 amide bonds. The summed E-state index contributed by atoms with van der Waals surface area (Å²) < 4.78 is 39.2. The molecule has 0 aliphatic carbocycles. The third-order valence-electron chi connectivity index (χ3n) is 5.87. The van der Waals surface area contributed by atoms with Gasteiger partial charge in [0.15, 0.2) is 5.76 Å². The number of oxazole rings is 1. The molecule has 2 aromatic heterocycles. The molecule has 35 heavy (non-hydrogen) atoms. The molecule has 0 atom stereocenters. The van der Waals surface area contributed by atoms with E-state index in [1.165, 1.54) is 6.26 Å². The molecule has 0 bridgehead atoms. The highest BCUT2D eigenvalue weighted by molar-refractivity contribution is 7.89. The highest BCUT2D eigenvalue weighted by atomic mass is 32.2. The molecule has 1 aliphatic rings. The van der Waals surface area contributed by atoms with E-state index >= 15 is 0 Å². The number of nitriles is 1. The minimum absolute atomic E-state index is 0.0152. The zero-order valence-corrected chi connectivity index (χ0v) is 20.7. The van der Waals surface area contributed by atoms with Crippen molar-refractivity contribution in [1.82, 2.24) is 14.6 Å². The van der Waals surface area contributed by atoms with Crippen molar-refractivity contribution in [2.45, 2.75) is 32.1 Å². The van der Waals surface area contributed by atoms with Gasteiger partial charge in [0, 0.05) is 39.1 Å². The van der Waals surface area contributed by atoms with Crippen molar-refractivity contribution in [1.29, 1.82) is 5.26 Å². The summed E-state index contributed by atoms with van der Waals surface area (Å²) in [5, 5.41) is 9.44. The average Bonchev–Trinajstić information content (AvgIpc) is 3.48. The molecule has 3 heterocycles. The van der Waals surface area contributed by atoms with Crippen LogP contribution >= 0.6 is 0 Å². The lowest BCUT2D eigenvalue weighted by Crippen LogP contribution is -2.49. The van der Waals surface area contributed by atoms with E-state index < -0.39 is 10.0 Å². The van der Waals surface area contributed by atoms with Crippen molar-refractivity contribution in [3.63, 3.8) is 0 Å². The Morgan fingerprint density at radius 1 is 1.17 bits per heavy atom. The van der Waals surface area contributed by atoms with Crippen LogP contribution in [0.5, 0.6) is 0 Å². The van der Waals surface area contributed by atoms with Crippen molar-refractivity contribution in [2.24, 2.45) is 0 Å². The quantitative estimate of drug-likeness (QED) is 0.527. The summed E-state index contributed by atoms with van der Waals surface area (Å²) in [7, 11) is -3.72. The van der Waals surface area contributed by atoms with Crippen LogP contribution in [0.1, 0.15) is 28.8 Å². The number of anilines is 1. The first-order chi connectivity index (χ1) is 16.7. The van der Waals surface area contributed by atoms with E-state index in [1.807, 2.05) is 30.0 Å². The number of amides is 1. The molecular weight excluding hydrogens is 470 g/mol. The third-order valence-corrected chi connectivity index (χ3v) is 7.64. The highest BCUT2D eigenvalue weighted by Crippen LogP contribution is 2.29. The number of hydrogen-bond acceptors (Lipinski definition) is 8. The number of carbonyl (C=O) groups excluding carboxylic acids is 1. The van der Waals surface area contributed by atoms with Gasteiger partial charge in [-0.3, -0.25) is 4.79 Å². The van der Waals surface area contributed by atoms with E-state index in [0.29, 0.717) is 49.0 Å². The second-order valence-electron chi connectivity index (χ2n) is 8.51. The second kappa shape index (κ2) is 9.93. The van der Waals surface area contributed by atoms with Gasteiger partial charge >= 0.3 is 0 Å². The number of nitrogens with zero attached hydrogens (tertiary/aromatic N) is 4. The summed E-state index contributed by atoms with van der Waals surface area (Å²) in [4.78, 5) is 20.7. The Morgan fingerprint density at radius 2 is 1.86 bits per heavy atom. The van der Waals surface area contributed by atoms with Crippen LogP contribution in [-0.2, 0) is 14.8 Å². The van der Waals surface area contributed by atoms with Crippen molar-refractivity contribution >= 4 is 21.8 Å². The molecule has 1 aliphatic heterocycles. The van der Waals surface area contributed by atoms with Gasteiger partial charge in [0.25, 0.3) is 5.89 Å². The molecule has 1 saturated heterocycles. The highest BCUT2D eigenvalue weighted by Gasteiger charge is 2.27. The van der Waals surface area contributed by atoms with Gasteiger partial charge in [-0.2, -0.15) is 10.2 Å². The van der Waals surface area contributed by atoms with Crippen LogP contribution in [0.15, 0.2) is 44.3 Å². The predicted molar refractivity (Wildman–Crippen MR) is 128 cm³/mol. The summed E-state index contributed by atoms with van der Waals surface area (Å²) in [6, 6.07) is 9.11. The van der Waals surface area contributed by atoms with Crippen LogP contribution in [0, 0.1) is 32.1 Å². The SMILES string of the molecule is Cc1cc(C)c(S(=O)(=O)NCCC(=O)N2CCN(c3oc(-c4ccco4)nc3C#N)CC2)c(C)c1. The van der Waals surface area contributed by atoms with E-state index in [1.54, 1.807) is 30.9 Å². The molecule has 1 fully saturated rings. The summed E-state index contributed by atoms with van der Waals surface area (Å²) in [6.07, 6.45) is 1.55. The van der Waals surface area contributed by atoms with Crippen molar-refractivity contribution in [3.8, 4) is 17.7 Å². The zero-order valence-electron chi connectivity index (χ0n) is 19.9.